The summed E-state index contributed by atoms with van der Waals surface area (Å²) in [6.45, 7) is 1.48. The molecular weight excluding hydrogens is 318 g/mol. The summed E-state index contributed by atoms with van der Waals surface area (Å²) in [5.74, 6) is 0.703. The summed E-state index contributed by atoms with van der Waals surface area (Å²) in [6.07, 6.45) is 1.63. The van der Waals surface area contributed by atoms with E-state index >= 15 is 0 Å². The van der Waals surface area contributed by atoms with E-state index in [1.165, 1.54) is 0 Å². The number of hydrogen-bond acceptors (Lipinski definition) is 3. The van der Waals surface area contributed by atoms with Crippen LogP contribution in [0.1, 0.15) is 24.1 Å². The van der Waals surface area contributed by atoms with Gasteiger partial charge < -0.3 is 14.7 Å². The molecule has 1 aliphatic heterocycles. The number of fused-ring (bicyclic) bond motifs is 1. The lowest BCUT2D eigenvalue weighted by Gasteiger charge is -2.26. The van der Waals surface area contributed by atoms with Crippen molar-refractivity contribution in [2.45, 2.75) is 25.8 Å². The highest BCUT2D eigenvalue weighted by Gasteiger charge is 2.23. The highest BCUT2D eigenvalue weighted by Crippen LogP contribution is 2.23. The molecule has 0 saturated carbocycles. The first-order valence-corrected chi connectivity index (χ1v) is 7.96. The van der Waals surface area contributed by atoms with E-state index in [-0.39, 0.29) is 11.5 Å². The van der Waals surface area contributed by atoms with Crippen LogP contribution in [0.3, 0.4) is 0 Å². The number of halogens is 1. The van der Waals surface area contributed by atoms with Crippen molar-refractivity contribution in [3.63, 3.8) is 0 Å². The Hall–Kier alpha value is -2.21. The van der Waals surface area contributed by atoms with Gasteiger partial charge in [-0.1, -0.05) is 23.7 Å². The van der Waals surface area contributed by atoms with Crippen LogP contribution in [-0.2, 0) is 17.8 Å². The molecule has 1 aromatic heterocycles. The number of nitrogens with zero attached hydrogens (tertiary/aromatic N) is 1. The van der Waals surface area contributed by atoms with E-state index in [1.54, 1.807) is 17.0 Å². The fourth-order valence-corrected chi connectivity index (χ4v) is 2.86. The molecule has 0 atom stereocenters. The van der Waals surface area contributed by atoms with Crippen LogP contribution in [0.4, 0.5) is 0 Å². The van der Waals surface area contributed by atoms with Crippen LogP contribution in [0.25, 0.3) is 0 Å². The first kappa shape index (κ1) is 15.7. The largest absolute Gasteiger partial charge is 0.492 e. The Morgan fingerprint density at radius 2 is 2.13 bits per heavy atom. The van der Waals surface area contributed by atoms with Crippen LogP contribution >= 0.6 is 11.6 Å². The number of carbonyl (C=O) groups excluding carboxylic acids is 1. The minimum atomic E-state index is -0.0831. The molecule has 2 heterocycles. The van der Waals surface area contributed by atoms with Crippen LogP contribution in [0.5, 0.6) is 5.75 Å². The van der Waals surface area contributed by atoms with Gasteiger partial charge in [0.1, 0.15) is 5.75 Å². The third-order valence-corrected chi connectivity index (χ3v) is 4.24. The molecule has 1 aromatic carbocycles. The lowest BCUT2D eigenvalue weighted by Crippen LogP contribution is -2.36. The maximum Gasteiger partial charge on any atom is 0.267 e. The Morgan fingerprint density at radius 1 is 1.30 bits per heavy atom. The Balaban J connectivity index is 1.45. The van der Waals surface area contributed by atoms with Crippen LogP contribution in [-0.4, -0.2) is 34.2 Å². The van der Waals surface area contributed by atoms with Crippen molar-refractivity contribution in [2.75, 3.05) is 13.2 Å². The average molecular weight is 336 g/mol. The second-order valence-corrected chi connectivity index (χ2v) is 5.89. The molecule has 1 aliphatic rings. The summed E-state index contributed by atoms with van der Waals surface area (Å²) in [5.41, 5.74) is 1.48. The molecule has 0 radical (unpaired) electrons. The van der Waals surface area contributed by atoms with Gasteiger partial charge in [0, 0.05) is 18.5 Å². The Kier molecular flexibility index (Phi) is 4.71. The summed E-state index contributed by atoms with van der Waals surface area (Å²) in [7, 11) is 0. The normalized spacial score (nSPS) is 13.7. The Bertz CT molecular complexity index is 753. The van der Waals surface area contributed by atoms with Gasteiger partial charge in [-0.2, -0.15) is 0 Å². The zero-order valence-electron chi connectivity index (χ0n) is 12.6. The Morgan fingerprint density at radius 3 is 2.96 bits per heavy atom. The maximum atomic E-state index is 12.2. The van der Waals surface area contributed by atoms with E-state index < -0.39 is 0 Å². The second kappa shape index (κ2) is 6.91. The number of H-pyrrole nitrogens is 2. The lowest BCUT2D eigenvalue weighted by molar-refractivity contribution is -0.132. The van der Waals surface area contributed by atoms with Crippen LogP contribution in [0, 0.1) is 0 Å². The molecule has 6 nitrogen and oxygen atoms in total. The summed E-state index contributed by atoms with van der Waals surface area (Å²) < 4.78 is 5.58. The molecule has 2 aromatic rings. The molecule has 23 heavy (non-hydrogen) atoms. The third kappa shape index (κ3) is 3.59. The van der Waals surface area contributed by atoms with Gasteiger partial charge in [-0.15, -0.1) is 0 Å². The molecule has 0 bridgehead atoms. The predicted octanol–water partition coefficient (Wildman–Crippen LogP) is 2.10. The topological polar surface area (TPSA) is 78.2 Å². The van der Waals surface area contributed by atoms with Crippen molar-refractivity contribution in [3.05, 3.63) is 50.9 Å². The molecule has 3 rings (SSSR count). The van der Waals surface area contributed by atoms with Gasteiger partial charge in [-0.3, -0.25) is 14.7 Å². The quantitative estimate of drug-likeness (QED) is 0.821. The number of para-hydroxylation sites is 1. The van der Waals surface area contributed by atoms with Gasteiger partial charge in [0.15, 0.2) is 0 Å². The third-order valence-electron chi connectivity index (χ3n) is 3.93. The van der Waals surface area contributed by atoms with Gasteiger partial charge in [-0.25, -0.2) is 0 Å². The zero-order chi connectivity index (χ0) is 16.2. The smallest absolute Gasteiger partial charge is 0.267 e. The first-order chi connectivity index (χ1) is 11.1. The van der Waals surface area contributed by atoms with Crippen molar-refractivity contribution in [2.24, 2.45) is 0 Å². The van der Waals surface area contributed by atoms with Gasteiger partial charge in [-0.05, 0) is 25.0 Å². The number of nitrogens with one attached hydrogen (secondary N) is 2. The van der Waals surface area contributed by atoms with E-state index in [4.69, 9.17) is 16.3 Å². The number of aromatic nitrogens is 2. The van der Waals surface area contributed by atoms with Gasteiger partial charge in [0.05, 0.1) is 23.9 Å². The van der Waals surface area contributed by atoms with Crippen molar-refractivity contribution in [1.82, 2.24) is 15.1 Å². The van der Waals surface area contributed by atoms with Crippen LogP contribution in [0.15, 0.2) is 29.1 Å². The number of carbonyl (C=O) groups is 1. The van der Waals surface area contributed by atoms with Crippen LogP contribution < -0.4 is 10.3 Å². The summed E-state index contributed by atoms with van der Waals surface area (Å²) in [5, 5.41) is 5.97. The number of rotatable bonds is 5. The molecule has 1 amide bonds. The number of ether oxygens (including phenoxy) is 1. The van der Waals surface area contributed by atoms with Crippen molar-refractivity contribution < 1.29 is 9.53 Å². The molecule has 0 unspecified atom stereocenters. The van der Waals surface area contributed by atoms with Gasteiger partial charge in [0.25, 0.3) is 5.56 Å². The lowest BCUT2D eigenvalue weighted by atomic mass is 10.1. The van der Waals surface area contributed by atoms with E-state index in [9.17, 15) is 9.59 Å². The SMILES string of the molecule is O=C(CCCOc1ccccc1Cl)N1CCc2c([nH][nH]c2=O)C1. The second-order valence-electron chi connectivity index (χ2n) is 5.48. The van der Waals surface area contributed by atoms with Crippen LogP contribution in [0.2, 0.25) is 5.02 Å². The maximum absolute atomic E-state index is 12.2. The zero-order valence-corrected chi connectivity index (χ0v) is 13.4. The minimum Gasteiger partial charge on any atom is -0.492 e. The number of hydrogen-bond donors (Lipinski definition) is 2. The average Bonchev–Trinajstić information content (AvgIpc) is 2.93. The Labute approximate surface area is 138 Å². The fourth-order valence-electron chi connectivity index (χ4n) is 2.67. The summed E-state index contributed by atoms with van der Waals surface area (Å²) in [4.78, 5) is 25.5. The molecular formula is C16H18ClN3O3. The number of amides is 1. The van der Waals surface area contributed by atoms with Crippen molar-refractivity contribution >= 4 is 17.5 Å². The fraction of sp³-hybridized carbons (Fsp3) is 0.375. The van der Waals surface area contributed by atoms with Gasteiger partial charge >= 0.3 is 0 Å². The molecule has 0 saturated heterocycles. The number of benzene rings is 1. The van der Waals surface area contributed by atoms with E-state index in [2.05, 4.69) is 10.2 Å². The highest BCUT2D eigenvalue weighted by molar-refractivity contribution is 6.32. The molecule has 0 fully saturated rings. The van der Waals surface area contributed by atoms with Gasteiger partial charge in [0.2, 0.25) is 5.91 Å². The molecule has 2 N–H and O–H groups in total. The van der Waals surface area contributed by atoms with E-state index in [1.807, 2.05) is 12.1 Å². The molecule has 122 valence electrons. The molecule has 7 heteroatoms. The first-order valence-electron chi connectivity index (χ1n) is 7.58. The standard InChI is InChI=1S/C16H18ClN3O3/c17-12-4-1-2-5-14(12)23-9-3-6-15(21)20-8-7-11-13(10-20)18-19-16(11)22/h1-2,4-5H,3,6-10H2,(H2,18,19,22). The monoisotopic (exact) mass is 335 g/mol. The minimum absolute atomic E-state index is 0.0699. The predicted molar refractivity (Wildman–Crippen MR) is 86.7 cm³/mol. The molecule has 0 spiro atoms. The van der Waals surface area contributed by atoms with E-state index in [0.717, 1.165) is 11.3 Å². The molecule has 0 aliphatic carbocycles. The van der Waals surface area contributed by atoms with Crippen molar-refractivity contribution in [3.8, 4) is 5.75 Å². The highest BCUT2D eigenvalue weighted by atomic mass is 35.5. The van der Waals surface area contributed by atoms with Crippen molar-refractivity contribution in [1.29, 1.82) is 0 Å². The number of aromatic amines is 2. The summed E-state index contributed by atoms with van der Waals surface area (Å²) >= 11 is 6.01. The van der Waals surface area contributed by atoms with E-state index in [0.29, 0.717) is 49.7 Å². The summed E-state index contributed by atoms with van der Waals surface area (Å²) in [6, 6.07) is 7.27.